The second kappa shape index (κ2) is 8.77. The molecule has 152 valence electrons. The zero-order valence-corrected chi connectivity index (χ0v) is 16.7. The molecule has 6 nitrogen and oxygen atoms in total. The van der Waals surface area contributed by atoms with Crippen molar-refractivity contribution in [3.63, 3.8) is 0 Å². The third-order valence-electron chi connectivity index (χ3n) is 4.89. The largest absolute Gasteiger partial charge is 0.496 e. The highest BCUT2D eigenvalue weighted by molar-refractivity contribution is 6.14. The SMILES string of the molecule is CCN(CC)c1ccc(/C=C2/NC(=O)N(Cc3ccccc3F)C2=O)c(OC)c1. The summed E-state index contributed by atoms with van der Waals surface area (Å²) < 4.78 is 19.4. The lowest BCUT2D eigenvalue weighted by molar-refractivity contribution is -0.123. The van der Waals surface area contributed by atoms with Gasteiger partial charge < -0.3 is 15.0 Å². The number of halogens is 1. The Morgan fingerprint density at radius 2 is 1.86 bits per heavy atom. The van der Waals surface area contributed by atoms with E-state index in [1.54, 1.807) is 31.4 Å². The molecule has 29 heavy (non-hydrogen) atoms. The van der Waals surface area contributed by atoms with E-state index in [0.29, 0.717) is 11.3 Å². The Kier molecular flexibility index (Phi) is 6.16. The summed E-state index contributed by atoms with van der Waals surface area (Å²) in [5.41, 5.74) is 2.08. The molecule has 0 spiro atoms. The van der Waals surface area contributed by atoms with Gasteiger partial charge in [0.15, 0.2) is 0 Å². The van der Waals surface area contributed by atoms with Crippen molar-refractivity contribution in [2.24, 2.45) is 0 Å². The van der Waals surface area contributed by atoms with Crippen molar-refractivity contribution >= 4 is 23.7 Å². The normalized spacial score (nSPS) is 15.0. The van der Waals surface area contributed by atoms with Crippen LogP contribution in [0.25, 0.3) is 6.08 Å². The quantitative estimate of drug-likeness (QED) is 0.571. The fourth-order valence-corrected chi connectivity index (χ4v) is 3.27. The highest BCUT2D eigenvalue weighted by Gasteiger charge is 2.34. The topological polar surface area (TPSA) is 61.9 Å². The van der Waals surface area contributed by atoms with Gasteiger partial charge in [0.05, 0.1) is 13.7 Å². The number of anilines is 1. The summed E-state index contributed by atoms with van der Waals surface area (Å²) in [4.78, 5) is 28.1. The number of carbonyl (C=O) groups is 2. The van der Waals surface area contributed by atoms with Gasteiger partial charge >= 0.3 is 6.03 Å². The van der Waals surface area contributed by atoms with Crippen molar-refractivity contribution in [1.29, 1.82) is 0 Å². The summed E-state index contributed by atoms with van der Waals surface area (Å²) in [6, 6.07) is 11.2. The lowest BCUT2D eigenvalue weighted by Crippen LogP contribution is -2.30. The molecule has 1 fully saturated rings. The van der Waals surface area contributed by atoms with Gasteiger partial charge in [-0.3, -0.25) is 9.69 Å². The lowest BCUT2D eigenvalue weighted by atomic mass is 10.1. The number of urea groups is 1. The van der Waals surface area contributed by atoms with E-state index in [9.17, 15) is 14.0 Å². The average Bonchev–Trinajstić information content (AvgIpc) is 2.98. The molecule has 1 aliphatic heterocycles. The Bertz CT molecular complexity index is 954. The minimum absolute atomic E-state index is 0.125. The predicted octanol–water partition coefficient (Wildman–Crippen LogP) is 3.77. The number of hydrogen-bond acceptors (Lipinski definition) is 4. The molecule has 0 unspecified atom stereocenters. The number of hydrogen-bond donors (Lipinski definition) is 1. The zero-order chi connectivity index (χ0) is 21.0. The van der Waals surface area contributed by atoms with Gasteiger partial charge in [-0.05, 0) is 38.1 Å². The molecule has 1 aliphatic rings. The molecule has 2 aromatic rings. The summed E-state index contributed by atoms with van der Waals surface area (Å²) in [5, 5.41) is 2.56. The molecule has 2 aromatic carbocycles. The Hall–Kier alpha value is -3.35. The molecular weight excluding hydrogens is 373 g/mol. The third-order valence-corrected chi connectivity index (χ3v) is 4.89. The van der Waals surface area contributed by atoms with Crippen LogP contribution in [0.1, 0.15) is 25.0 Å². The molecule has 0 aliphatic carbocycles. The van der Waals surface area contributed by atoms with Gasteiger partial charge in [-0.25, -0.2) is 9.18 Å². The van der Waals surface area contributed by atoms with Crippen LogP contribution in [0.3, 0.4) is 0 Å². The molecule has 0 bridgehead atoms. The first-order valence-corrected chi connectivity index (χ1v) is 9.49. The number of amides is 3. The van der Waals surface area contributed by atoms with E-state index in [0.717, 1.165) is 23.7 Å². The minimum atomic E-state index is -0.580. The van der Waals surface area contributed by atoms with Crippen molar-refractivity contribution in [1.82, 2.24) is 10.2 Å². The predicted molar refractivity (Wildman–Crippen MR) is 110 cm³/mol. The maximum atomic E-state index is 13.9. The fourth-order valence-electron chi connectivity index (χ4n) is 3.27. The van der Waals surface area contributed by atoms with E-state index >= 15 is 0 Å². The van der Waals surface area contributed by atoms with Crippen molar-refractivity contribution in [3.8, 4) is 5.75 Å². The standard InChI is InChI=1S/C22H24FN3O3/c1-4-25(5-2)17-11-10-15(20(13-17)29-3)12-19-21(27)26(22(28)24-19)14-16-8-6-7-9-18(16)23/h6-13H,4-5,14H2,1-3H3,(H,24,28)/b19-12+. The zero-order valence-electron chi connectivity index (χ0n) is 16.7. The molecule has 1 heterocycles. The van der Waals surface area contributed by atoms with Crippen molar-refractivity contribution < 1.29 is 18.7 Å². The van der Waals surface area contributed by atoms with Crippen LogP contribution < -0.4 is 15.0 Å². The molecule has 0 radical (unpaired) electrons. The smallest absolute Gasteiger partial charge is 0.329 e. The van der Waals surface area contributed by atoms with Crippen LogP contribution in [0.2, 0.25) is 0 Å². The van der Waals surface area contributed by atoms with E-state index < -0.39 is 17.8 Å². The maximum absolute atomic E-state index is 13.9. The van der Waals surface area contributed by atoms with Crippen LogP contribution in [0.15, 0.2) is 48.2 Å². The molecule has 7 heteroatoms. The molecule has 1 saturated heterocycles. The second-order valence-electron chi connectivity index (χ2n) is 6.57. The molecule has 3 rings (SSSR count). The molecule has 0 saturated carbocycles. The number of ether oxygens (including phenoxy) is 1. The minimum Gasteiger partial charge on any atom is -0.496 e. The van der Waals surface area contributed by atoms with Crippen LogP contribution in [0.5, 0.6) is 5.75 Å². The van der Waals surface area contributed by atoms with Gasteiger partial charge in [0.1, 0.15) is 17.3 Å². The fraction of sp³-hybridized carbons (Fsp3) is 0.273. The summed E-state index contributed by atoms with van der Waals surface area (Å²) in [5.74, 6) is -0.371. The van der Waals surface area contributed by atoms with Crippen LogP contribution in [-0.4, -0.2) is 37.0 Å². The average molecular weight is 397 g/mol. The number of carbonyl (C=O) groups excluding carboxylic acids is 2. The van der Waals surface area contributed by atoms with Gasteiger partial charge in [-0.2, -0.15) is 0 Å². The van der Waals surface area contributed by atoms with E-state index in [4.69, 9.17) is 4.74 Å². The second-order valence-corrected chi connectivity index (χ2v) is 6.57. The Morgan fingerprint density at radius 1 is 1.14 bits per heavy atom. The first-order valence-electron chi connectivity index (χ1n) is 9.49. The number of nitrogens with one attached hydrogen (secondary N) is 1. The summed E-state index contributed by atoms with van der Waals surface area (Å²) >= 11 is 0. The van der Waals surface area contributed by atoms with Crippen molar-refractivity contribution in [2.45, 2.75) is 20.4 Å². The number of benzene rings is 2. The van der Waals surface area contributed by atoms with E-state index in [1.807, 2.05) is 18.2 Å². The Morgan fingerprint density at radius 3 is 2.52 bits per heavy atom. The van der Waals surface area contributed by atoms with Gasteiger partial charge in [-0.15, -0.1) is 0 Å². The number of methoxy groups -OCH3 is 1. The van der Waals surface area contributed by atoms with E-state index in [2.05, 4.69) is 24.1 Å². The van der Waals surface area contributed by atoms with E-state index in [1.165, 1.54) is 6.07 Å². The maximum Gasteiger partial charge on any atom is 0.329 e. The van der Waals surface area contributed by atoms with Gasteiger partial charge in [0.2, 0.25) is 0 Å². The molecular formula is C22H24FN3O3. The number of imide groups is 1. The Labute approximate surface area is 169 Å². The summed E-state index contributed by atoms with van der Waals surface area (Å²) in [6.45, 7) is 5.73. The number of rotatable bonds is 7. The highest BCUT2D eigenvalue weighted by Crippen LogP contribution is 2.28. The van der Waals surface area contributed by atoms with Crippen molar-refractivity contribution in [3.05, 3.63) is 65.1 Å². The van der Waals surface area contributed by atoms with E-state index in [-0.39, 0.29) is 17.8 Å². The van der Waals surface area contributed by atoms with Gasteiger partial charge in [-0.1, -0.05) is 18.2 Å². The Balaban J connectivity index is 1.86. The van der Waals surface area contributed by atoms with Gasteiger partial charge in [0.25, 0.3) is 5.91 Å². The number of nitrogens with zero attached hydrogens (tertiary/aromatic N) is 2. The first-order chi connectivity index (χ1) is 14.0. The first kappa shape index (κ1) is 20.4. The molecule has 3 amide bonds. The summed E-state index contributed by atoms with van der Waals surface area (Å²) in [6.07, 6.45) is 1.58. The van der Waals surface area contributed by atoms with Crippen LogP contribution >= 0.6 is 0 Å². The van der Waals surface area contributed by atoms with Crippen LogP contribution in [0, 0.1) is 5.82 Å². The lowest BCUT2D eigenvalue weighted by Gasteiger charge is -2.22. The van der Waals surface area contributed by atoms with Gasteiger partial charge in [0, 0.05) is 36.0 Å². The molecule has 0 aromatic heterocycles. The third kappa shape index (κ3) is 4.23. The summed E-state index contributed by atoms with van der Waals surface area (Å²) in [7, 11) is 1.56. The molecule has 1 N–H and O–H groups in total. The van der Waals surface area contributed by atoms with Crippen LogP contribution in [-0.2, 0) is 11.3 Å². The van der Waals surface area contributed by atoms with Crippen molar-refractivity contribution in [2.75, 3.05) is 25.1 Å². The monoisotopic (exact) mass is 397 g/mol. The molecule has 0 atom stereocenters. The highest BCUT2D eigenvalue weighted by atomic mass is 19.1. The van der Waals surface area contributed by atoms with Crippen LogP contribution in [0.4, 0.5) is 14.9 Å².